The number of sulfone groups is 1. The molecule has 1 aromatic carbocycles. The Morgan fingerprint density at radius 2 is 1.89 bits per heavy atom. The first-order valence-electron chi connectivity index (χ1n) is 9.06. The Morgan fingerprint density at radius 3 is 2.41 bits per heavy atom. The first-order chi connectivity index (χ1) is 12.7. The summed E-state index contributed by atoms with van der Waals surface area (Å²) in [5.74, 6) is 1.25. The minimum atomic E-state index is -2.95. The van der Waals surface area contributed by atoms with E-state index in [1.54, 1.807) is 12.1 Å². The molecule has 1 saturated heterocycles. The highest BCUT2D eigenvalue weighted by molar-refractivity contribution is 7.91. The van der Waals surface area contributed by atoms with Gasteiger partial charge in [0.2, 0.25) is 0 Å². The van der Waals surface area contributed by atoms with E-state index in [9.17, 15) is 13.2 Å². The highest BCUT2D eigenvalue weighted by atomic mass is 32.2. The zero-order valence-electron chi connectivity index (χ0n) is 15.8. The Kier molecular flexibility index (Phi) is 5.51. The van der Waals surface area contributed by atoms with E-state index in [0.717, 1.165) is 5.69 Å². The SMILES string of the molecule is CC(C)c1ccc(NC(=O)c2ccc(N(C)C3CCS(=O)(=O)C3)nc2)cc1. The number of anilines is 2. The summed E-state index contributed by atoms with van der Waals surface area (Å²) in [6.45, 7) is 4.25. The number of nitrogens with one attached hydrogen (secondary N) is 1. The lowest BCUT2D eigenvalue weighted by atomic mass is 10.0. The number of carbonyl (C=O) groups excluding carboxylic acids is 1. The monoisotopic (exact) mass is 387 g/mol. The predicted octanol–water partition coefficient (Wildman–Crippen LogP) is 3.08. The van der Waals surface area contributed by atoms with Crippen molar-refractivity contribution in [2.75, 3.05) is 28.8 Å². The average Bonchev–Trinajstić information content (AvgIpc) is 3.01. The number of amides is 1. The number of aromatic nitrogens is 1. The van der Waals surface area contributed by atoms with Crippen molar-refractivity contribution in [1.82, 2.24) is 4.98 Å². The van der Waals surface area contributed by atoms with E-state index in [0.29, 0.717) is 23.7 Å². The van der Waals surface area contributed by atoms with Crippen molar-refractivity contribution in [3.8, 4) is 0 Å². The Labute approximate surface area is 160 Å². The first kappa shape index (κ1) is 19.4. The molecule has 3 rings (SSSR count). The molecule has 144 valence electrons. The quantitative estimate of drug-likeness (QED) is 0.853. The fourth-order valence-corrected chi connectivity index (χ4v) is 4.93. The summed E-state index contributed by atoms with van der Waals surface area (Å²) in [5, 5.41) is 2.87. The molecule has 2 heterocycles. The Morgan fingerprint density at radius 1 is 1.19 bits per heavy atom. The summed E-state index contributed by atoms with van der Waals surface area (Å²) in [5.41, 5.74) is 2.41. The second-order valence-electron chi connectivity index (χ2n) is 7.30. The minimum absolute atomic E-state index is 0.0679. The van der Waals surface area contributed by atoms with Crippen molar-refractivity contribution in [3.05, 3.63) is 53.7 Å². The molecule has 1 fully saturated rings. The van der Waals surface area contributed by atoms with E-state index < -0.39 is 9.84 Å². The molecule has 1 unspecified atom stereocenters. The largest absolute Gasteiger partial charge is 0.356 e. The van der Waals surface area contributed by atoms with Crippen LogP contribution in [0, 0.1) is 0 Å². The third-order valence-corrected chi connectivity index (χ3v) is 6.71. The van der Waals surface area contributed by atoms with Gasteiger partial charge < -0.3 is 10.2 Å². The van der Waals surface area contributed by atoms with Crippen LogP contribution in [0.4, 0.5) is 11.5 Å². The van der Waals surface area contributed by atoms with Crippen LogP contribution in [0.15, 0.2) is 42.6 Å². The molecule has 6 nitrogen and oxygen atoms in total. The molecule has 0 spiro atoms. The predicted molar refractivity (Wildman–Crippen MR) is 108 cm³/mol. The summed E-state index contributed by atoms with van der Waals surface area (Å²) in [7, 11) is -1.11. The molecule has 0 bridgehead atoms. The number of benzene rings is 1. The summed E-state index contributed by atoms with van der Waals surface area (Å²) < 4.78 is 23.3. The summed E-state index contributed by atoms with van der Waals surface area (Å²) in [6.07, 6.45) is 2.13. The van der Waals surface area contributed by atoms with Gasteiger partial charge in [0.15, 0.2) is 9.84 Å². The molecule has 1 amide bonds. The summed E-state index contributed by atoms with van der Waals surface area (Å²) >= 11 is 0. The molecule has 1 atom stereocenters. The third-order valence-electron chi connectivity index (χ3n) is 4.96. The van der Waals surface area contributed by atoms with Crippen molar-refractivity contribution in [2.24, 2.45) is 0 Å². The average molecular weight is 388 g/mol. The number of pyridine rings is 1. The molecule has 0 saturated carbocycles. The lowest BCUT2D eigenvalue weighted by Gasteiger charge is -2.24. The fourth-order valence-electron chi connectivity index (χ4n) is 3.15. The Bertz CT molecular complexity index is 906. The van der Waals surface area contributed by atoms with Crippen LogP contribution in [0.3, 0.4) is 0 Å². The van der Waals surface area contributed by atoms with Gasteiger partial charge in [-0.15, -0.1) is 0 Å². The third kappa shape index (κ3) is 4.66. The maximum atomic E-state index is 12.4. The van der Waals surface area contributed by atoms with Gasteiger partial charge in [0, 0.05) is 25.0 Å². The van der Waals surface area contributed by atoms with Gasteiger partial charge in [-0.1, -0.05) is 26.0 Å². The number of nitrogens with zero attached hydrogens (tertiary/aromatic N) is 2. The highest BCUT2D eigenvalue weighted by Gasteiger charge is 2.31. The lowest BCUT2D eigenvalue weighted by Crippen LogP contribution is -2.33. The molecule has 7 heteroatoms. The highest BCUT2D eigenvalue weighted by Crippen LogP contribution is 2.22. The lowest BCUT2D eigenvalue weighted by molar-refractivity contribution is 0.102. The van der Waals surface area contributed by atoms with Gasteiger partial charge in [0.05, 0.1) is 17.1 Å². The van der Waals surface area contributed by atoms with Crippen molar-refractivity contribution >= 4 is 27.2 Å². The molecule has 2 aromatic rings. The molecule has 1 aliphatic heterocycles. The van der Waals surface area contributed by atoms with E-state index in [1.165, 1.54) is 11.8 Å². The maximum Gasteiger partial charge on any atom is 0.257 e. The molecular formula is C20H25N3O3S. The van der Waals surface area contributed by atoms with E-state index in [-0.39, 0.29) is 23.5 Å². The van der Waals surface area contributed by atoms with Crippen molar-refractivity contribution in [1.29, 1.82) is 0 Å². The van der Waals surface area contributed by atoms with E-state index in [2.05, 4.69) is 24.1 Å². The molecule has 0 radical (unpaired) electrons. The smallest absolute Gasteiger partial charge is 0.257 e. The van der Waals surface area contributed by atoms with Crippen molar-refractivity contribution < 1.29 is 13.2 Å². The second kappa shape index (κ2) is 7.68. The van der Waals surface area contributed by atoms with Gasteiger partial charge in [0.1, 0.15) is 5.82 Å². The van der Waals surface area contributed by atoms with E-state index in [1.807, 2.05) is 36.2 Å². The topological polar surface area (TPSA) is 79.4 Å². The van der Waals surface area contributed by atoms with Gasteiger partial charge in [-0.25, -0.2) is 13.4 Å². The molecule has 1 aromatic heterocycles. The minimum Gasteiger partial charge on any atom is -0.356 e. The maximum absolute atomic E-state index is 12.4. The van der Waals surface area contributed by atoms with Gasteiger partial charge in [-0.3, -0.25) is 4.79 Å². The zero-order valence-corrected chi connectivity index (χ0v) is 16.7. The summed E-state index contributed by atoms with van der Waals surface area (Å²) in [6, 6.07) is 11.2. The van der Waals surface area contributed by atoms with Crippen LogP contribution in [0.1, 0.15) is 42.1 Å². The Hall–Kier alpha value is -2.41. The number of carbonyl (C=O) groups is 1. The molecule has 0 aliphatic carbocycles. The molecule has 1 aliphatic rings. The normalized spacial score (nSPS) is 18.4. The van der Waals surface area contributed by atoms with Crippen LogP contribution in [0.2, 0.25) is 0 Å². The number of rotatable bonds is 5. The first-order valence-corrected chi connectivity index (χ1v) is 10.9. The van der Waals surface area contributed by atoms with Gasteiger partial charge >= 0.3 is 0 Å². The van der Waals surface area contributed by atoms with Crippen LogP contribution >= 0.6 is 0 Å². The number of hydrogen-bond acceptors (Lipinski definition) is 5. The second-order valence-corrected chi connectivity index (χ2v) is 9.53. The zero-order chi connectivity index (χ0) is 19.6. The summed E-state index contributed by atoms with van der Waals surface area (Å²) in [4.78, 5) is 18.6. The Balaban J connectivity index is 1.65. The molecule has 1 N–H and O–H groups in total. The van der Waals surface area contributed by atoms with Crippen LogP contribution in [0.5, 0.6) is 0 Å². The van der Waals surface area contributed by atoms with Crippen LogP contribution in [-0.2, 0) is 9.84 Å². The van der Waals surface area contributed by atoms with Crippen LogP contribution in [0.25, 0.3) is 0 Å². The molecule has 27 heavy (non-hydrogen) atoms. The van der Waals surface area contributed by atoms with Gasteiger partial charge in [-0.2, -0.15) is 0 Å². The van der Waals surface area contributed by atoms with Crippen molar-refractivity contribution in [2.45, 2.75) is 32.2 Å². The number of hydrogen-bond donors (Lipinski definition) is 1. The van der Waals surface area contributed by atoms with Crippen molar-refractivity contribution in [3.63, 3.8) is 0 Å². The van der Waals surface area contributed by atoms with Crippen LogP contribution in [-0.4, -0.2) is 43.9 Å². The van der Waals surface area contributed by atoms with Crippen LogP contribution < -0.4 is 10.2 Å². The van der Waals surface area contributed by atoms with Gasteiger partial charge in [-0.05, 0) is 42.2 Å². The van der Waals surface area contributed by atoms with Gasteiger partial charge in [0.25, 0.3) is 5.91 Å². The fraction of sp³-hybridized carbons (Fsp3) is 0.400. The molecular weight excluding hydrogens is 362 g/mol. The standard InChI is InChI=1S/C20H25N3O3S/c1-14(2)15-4-7-17(8-5-15)22-20(24)16-6-9-19(21-12-16)23(3)18-10-11-27(25,26)13-18/h4-9,12,14,18H,10-11,13H2,1-3H3,(H,22,24). The van der Waals surface area contributed by atoms with E-state index >= 15 is 0 Å². The van der Waals surface area contributed by atoms with E-state index in [4.69, 9.17) is 0 Å².